The zero-order chi connectivity index (χ0) is 18.0. The van der Waals surface area contributed by atoms with Gasteiger partial charge in [-0.25, -0.2) is 0 Å². The summed E-state index contributed by atoms with van der Waals surface area (Å²) < 4.78 is 39.4. The van der Waals surface area contributed by atoms with Crippen LogP contribution in [-0.4, -0.2) is 18.0 Å². The van der Waals surface area contributed by atoms with Crippen molar-refractivity contribution < 1.29 is 18.0 Å². The van der Waals surface area contributed by atoms with Gasteiger partial charge in [-0.15, -0.1) is 0 Å². The molecule has 0 aromatic heterocycles. The molecule has 3 N–H and O–H groups in total. The van der Waals surface area contributed by atoms with Crippen LogP contribution in [0.15, 0.2) is 48.5 Å². The number of rotatable bonds is 3. The Morgan fingerprint density at radius 2 is 1.72 bits per heavy atom. The first-order valence-corrected chi connectivity index (χ1v) is 8.17. The standard InChI is InChI=1S/C19H19F3N2O/c20-19(21,22)17-4-2-1-3-16(17)12-5-7-13(8-6-12)18(25)24-15-10-9-14(23)11-15/h1-8,14-15H,9-11,23H2,(H,24,25)/t14-,15+/m1/s1. The van der Waals surface area contributed by atoms with Gasteiger partial charge in [-0.2, -0.15) is 13.2 Å². The van der Waals surface area contributed by atoms with Crippen molar-refractivity contribution in [1.82, 2.24) is 5.32 Å². The number of amides is 1. The highest BCUT2D eigenvalue weighted by atomic mass is 19.4. The van der Waals surface area contributed by atoms with Gasteiger partial charge in [-0.05, 0) is 48.6 Å². The first kappa shape index (κ1) is 17.5. The van der Waals surface area contributed by atoms with E-state index in [1.165, 1.54) is 12.1 Å². The lowest BCUT2D eigenvalue weighted by Gasteiger charge is -2.14. The third-order valence-corrected chi connectivity index (χ3v) is 4.50. The molecule has 0 bridgehead atoms. The van der Waals surface area contributed by atoms with Crippen LogP contribution < -0.4 is 11.1 Å². The summed E-state index contributed by atoms with van der Waals surface area (Å²) in [5.41, 5.74) is 6.09. The summed E-state index contributed by atoms with van der Waals surface area (Å²) in [6.45, 7) is 0. The van der Waals surface area contributed by atoms with E-state index in [0.717, 1.165) is 25.3 Å². The summed E-state index contributed by atoms with van der Waals surface area (Å²) in [5, 5.41) is 2.92. The number of halogens is 3. The second-order valence-corrected chi connectivity index (χ2v) is 6.36. The fourth-order valence-electron chi connectivity index (χ4n) is 3.20. The van der Waals surface area contributed by atoms with E-state index in [0.29, 0.717) is 11.1 Å². The lowest BCUT2D eigenvalue weighted by atomic mass is 9.98. The third-order valence-electron chi connectivity index (χ3n) is 4.50. The Kier molecular flexibility index (Phi) is 4.81. The predicted molar refractivity (Wildman–Crippen MR) is 90.0 cm³/mol. The van der Waals surface area contributed by atoms with Crippen molar-refractivity contribution >= 4 is 5.91 Å². The molecule has 0 saturated heterocycles. The molecule has 0 aliphatic heterocycles. The molecular weight excluding hydrogens is 329 g/mol. The maximum absolute atomic E-state index is 13.1. The molecule has 0 spiro atoms. The average molecular weight is 348 g/mol. The van der Waals surface area contributed by atoms with Gasteiger partial charge in [0.25, 0.3) is 5.91 Å². The van der Waals surface area contributed by atoms with Crippen LogP contribution in [0.2, 0.25) is 0 Å². The summed E-state index contributed by atoms with van der Waals surface area (Å²) in [6.07, 6.45) is -1.93. The van der Waals surface area contributed by atoms with Gasteiger partial charge in [0.2, 0.25) is 0 Å². The third kappa shape index (κ3) is 4.02. The predicted octanol–water partition coefficient (Wildman–Crippen LogP) is 3.98. The van der Waals surface area contributed by atoms with E-state index >= 15 is 0 Å². The largest absolute Gasteiger partial charge is 0.417 e. The van der Waals surface area contributed by atoms with E-state index in [1.807, 2.05) is 0 Å². The Morgan fingerprint density at radius 1 is 1.04 bits per heavy atom. The van der Waals surface area contributed by atoms with Gasteiger partial charge in [0.05, 0.1) is 5.56 Å². The number of nitrogens with one attached hydrogen (secondary N) is 1. The van der Waals surface area contributed by atoms with E-state index in [4.69, 9.17) is 5.73 Å². The quantitative estimate of drug-likeness (QED) is 0.881. The summed E-state index contributed by atoms with van der Waals surface area (Å²) in [4.78, 5) is 12.2. The molecule has 3 rings (SSSR count). The smallest absolute Gasteiger partial charge is 0.349 e. The number of benzene rings is 2. The number of hydrogen-bond donors (Lipinski definition) is 2. The number of hydrogen-bond acceptors (Lipinski definition) is 2. The van der Waals surface area contributed by atoms with Crippen molar-refractivity contribution in [3.63, 3.8) is 0 Å². The Hall–Kier alpha value is -2.34. The average Bonchev–Trinajstić information content (AvgIpc) is 2.99. The highest BCUT2D eigenvalue weighted by Crippen LogP contribution is 2.36. The summed E-state index contributed by atoms with van der Waals surface area (Å²) in [6, 6.07) is 11.8. The Bertz CT molecular complexity index is 756. The Morgan fingerprint density at radius 3 is 2.32 bits per heavy atom. The van der Waals surface area contributed by atoms with Crippen molar-refractivity contribution in [3.8, 4) is 11.1 Å². The lowest BCUT2D eigenvalue weighted by molar-refractivity contribution is -0.137. The Balaban J connectivity index is 1.78. The molecule has 1 fully saturated rings. The van der Waals surface area contributed by atoms with Crippen LogP contribution in [0.3, 0.4) is 0 Å². The van der Waals surface area contributed by atoms with Crippen LogP contribution in [0.1, 0.15) is 35.2 Å². The van der Waals surface area contributed by atoms with Crippen molar-refractivity contribution in [1.29, 1.82) is 0 Å². The minimum absolute atomic E-state index is 0.0631. The first-order chi connectivity index (χ1) is 11.8. The molecule has 25 heavy (non-hydrogen) atoms. The highest BCUT2D eigenvalue weighted by molar-refractivity contribution is 5.95. The summed E-state index contributed by atoms with van der Waals surface area (Å²) >= 11 is 0. The number of nitrogens with two attached hydrogens (primary N) is 1. The Labute approximate surface area is 144 Å². The zero-order valence-corrected chi connectivity index (χ0v) is 13.5. The van der Waals surface area contributed by atoms with E-state index in [1.54, 1.807) is 30.3 Å². The number of alkyl halides is 3. The molecule has 132 valence electrons. The molecule has 1 saturated carbocycles. The minimum atomic E-state index is -4.42. The van der Waals surface area contributed by atoms with E-state index in [-0.39, 0.29) is 23.6 Å². The van der Waals surface area contributed by atoms with Crippen molar-refractivity contribution in [2.24, 2.45) is 5.73 Å². The molecule has 2 atom stereocenters. The van der Waals surface area contributed by atoms with Gasteiger partial charge in [0, 0.05) is 17.6 Å². The van der Waals surface area contributed by atoms with Gasteiger partial charge < -0.3 is 11.1 Å². The van der Waals surface area contributed by atoms with Crippen molar-refractivity contribution in [3.05, 3.63) is 59.7 Å². The second kappa shape index (κ2) is 6.88. The molecule has 2 aromatic carbocycles. The van der Waals surface area contributed by atoms with Crippen LogP contribution in [-0.2, 0) is 6.18 Å². The van der Waals surface area contributed by atoms with Gasteiger partial charge in [-0.3, -0.25) is 4.79 Å². The maximum Gasteiger partial charge on any atom is 0.417 e. The maximum atomic E-state index is 13.1. The summed E-state index contributed by atoms with van der Waals surface area (Å²) in [5.74, 6) is -0.227. The SMILES string of the molecule is N[C@@H]1CC[C@H](NC(=O)c2ccc(-c3ccccc3C(F)(F)F)cc2)C1. The van der Waals surface area contributed by atoms with Crippen LogP contribution >= 0.6 is 0 Å². The van der Waals surface area contributed by atoms with Gasteiger partial charge in [-0.1, -0.05) is 30.3 Å². The fourth-order valence-corrected chi connectivity index (χ4v) is 3.20. The minimum Gasteiger partial charge on any atom is -0.349 e. The normalized spacial score (nSPS) is 20.5. The molecule has 0 unspecified atom stereocenters. The zero-order valence-electron chi connectivity index (χ0n) is 13.5. The van der Waals surface area contributed by atoms with Crippen molar-refractivity contribution in [2.75, 3.05) is 0 Å². The van der Waals surface area contributed by atoms with Gasteiger partial charge in [0.1, 0.15) is 0 Å². The van der Waals surface area contributed by atoms with Gasteiger partial charge in [0.15, 0.2) is 0 Å². The molecule has 2 aromatic rings. The van der Waals surface area contributed by atoms with Crippen LogP contribution in [0.25, 0.3) is 11.1 Å². The fraction of sp³-hybridized carbons (Fsp3) is 0.316. The molecule has 1 aliphatic carbocycles. The topological polar surface area (TPSA) is 55.1 Å². The lowest BCUT2D eigenvalue weighted by Crippen LogP contribution is -2.34. The van der Waals surface area contributed by atoms with E-state index in [9.17, 15) is 18.0 Å². The number of carbonyl (C=O) groups excluding carboxylic acids is 1. The monoisotopic (exact) mass is 348 g/mol. The van der Waals surface area contributed by atoms with Crippen LogP contribution in [0.4, 0.5) is 13.2 Å². The number of carbonyl (C=O) groups is 1. The molecule has 3 nitrogen and oxygen atoms in total. The molecule has 1 amide bonds. The molecule has 0 radical (unpaired) electrons. The van der Waals surface area contributed by atoms with E-state index < -0.39 is 11.7 Å². The van der Waals surface area contributed by atoms with Gasteiger partial charge >= 0.3 is 6.18 Å². The second-order valence-electron chi connectivity index (χ2n) is 6.36. The van der Waals surface area contributed by atoms with Crippen molar-refractivity contribution in [2.45, 2.75) is 37.5 Å². The highest BCUT2D eigenvalue weighted by Gasteiger charge is 2.33. The molecule has 0 heterocycles. The van der Waals surface area contributed by atoms with Crippen LogP contribution in [0.5, 0.6) is 0 Å². The molecule has 1 aliphatic rings. The van der Waals surface area contributed by atoms with E-state index in [2.05, 4.69) is 5.32 Å². The van der Waals surface area contributed by atoms with Crippen LogP contribution in [0, 0.1) is 0 Å². The summed E-state index contributed by atoms with van der Waals surface area (Å²) in [7, 11) is 0. The molecule has 6 heteroatoms. The molecular formula is C19H19F3N2O. The first-order valence-electron chi connectivity index (χ1n) is 8.17.